The van der Waals surface area contributed by atoms with Crippen LogP contribution in [0.4, 0.5) is 10.1 Å². The van der Waals surface area contributed by atoms with E-state index in [0.29, 0.717) is 11.4 Å². The summed E-state index contributed by atoms with van der Waals surface area (Å²) < 4.78 is 13.2. The van der Waals surface area contributed by atoms with E-state index in [4.69, 9.17) is 11.6 Å². The summed E-state index contributed by atoms with van der Waals surface area (Å²) >= 11 is 6.13. The lowest BCUT2D eigenvalue weighted by molar-refractivity contribution is 0.552. The summed E-state index contributed by atoms with van der Waals surface area (Å²) in [5.41, 5.74) is 5.35. The third kappa shape index (κ3) is 4.55. The molecule has 0 aliphatic rings. The predicted molar refractivity (Wildman–Crippen MR) is 96.6 cm³/mol. The van der Waals surface area contributed by atoms with Gasteiger partial charge in [-0.25, -0.2) is 9.38 Å². The molecule has 0 N–H and O–H groups in total. The van der Waals surface area contributed by atoms with Crippen LogP contribution in [0, 0.1) is 19.7 Å². The Morgan fingerprint density at radius 3 is 2.52 bits per heavy atom. The maximum atomic E-state index is 13.2. The predicted octanol–water partition coefficient (Wildman–Crippen LogP) is 5.30. The second kappa shape index (κ2) is 7.60. The smallest absolute Gasteiger partial charge is 0.124 e. The van der Waals surface area contributed by atoms with Crippen molar-refractivity contribution in [1.29, 1.82) is 0 Å². The monoisotopic (exact) mass is 332 g/mol. The number of rotatable bonds is 5. The third-order valence-corrected chi connectivity index (χ3v) is 4.30. The Bertz CT molecular complexity index is 726. The van der Waals surface area contributed by atoms with Gasteiger partial charge in [-0.2, -0.15) is 0 Å². The molecule has 0 unspecified atom stereocenters. The van der Waals surface area contributed by atoms with Gasteiger partial charge in [0, 0.05) is 18.6 Å². The van der Waals surface area contributed by atoms with E-state index in [9.17, 15) is 4.39 Å². The number of benzene rings is 2. The molecule has 23 heavy (non-hydrogen) atoms. The standard InChI is InChI=1S/C19H22ClFN2/c1-5-23(4)12-22-19-9-13(2)16(8-14(19)3)10-15-6-7-17(21)11-18(15)20/h6-9,11-12H,5,10H2,1-4H3. The zero-order valence-electron chi connectivity index (χ0n) is 14.0. The van der Waals surface area contributed by atoms with E-state index < -0.39 is 0 Å². The molecular formula is C19H22ClFN2. The molecule has 2 aromatic carbocycles. The van der Waals surface area contributed by atoms with Crippen LogP contribution in [0.5, 0.6) is 0 Å². The van der Waals surface area contributed by atoms with Crippen molar-refractivity contribution in [2.75, 3.05) is 13.6 Å². The van der Waals surface area contributed by atoms with Crippen LogP contribution >= 0.6 is 11.6 Å². The van der Waals surface area contributed by atoms with Crippen molar-refractivity contribution in [1.82, 2.24) is 4.90 Å². The fourth-order valence-corrected chi connectivity index (χ4v) is 2.54. The van der Waals surface area contributed by atoms with Crippen LogP contribution in [0.2, 0.25) is 5.02 Å². The minimum absolute atomic E-state index is 0.309. The van der Waals surface area contributed by atoms with Gasteiger partial charge in [0.15, 0.2) is 0 Å². The van der Waals surface area contributed by atoms with Gasteiger partial charge in [0.05, 0.1) is 12.0 Å². The Kier molecular flexibility index (Phi) is 5.78. The summed E-state index contributed by atoms with van der Waals surface area (Å²) in [6, 6.07) is 8.77. The molecule has 122 valence electrons. The minimum Gasteiger partial charge on any atom is -0.366 e. The Labute approximate surface area is 142 Å². The highest BCUT2D eigenvalue weighted by Gasteiger charge is 2.08. The van der Waals surface area contributed by atoms with E-state index >= 15 is 0 Å². The summed E-state index contributed by atoms with van der Waals surface area (Å²) in [5, 5.41) is 0.466. The van der Waals surface area contributed by atoms with Crippen LogP contribution in [-0.2, 0) is 6.42 Å². The van der Waals surface area contributed by atoms with Crippen molar-refractivity contribution >= 4 is 23.6 Å². The first-order valence-electron chi connectivity index (χ1n) is 7.69. The molecule has 0 fully saturated rings. The first kappa shape index (κ1) is 17.5. The Morgan fingerprint density at radius 1 is 1.13 bits per heavy atom. The zero-order valence-corrected chi connectivity index (χ0v) is 14.8. The zero-order chi connectivity index (χ0) is 17.0. The molecule has 0 spiro atoms. The van der Waals surface area contributed by atoms with Crippen molar-refractivity contribution in [3.8, 4) is 0 Å². The number of hydrogen-bond acceptors (Lipinski definition) is 1. The van der Waals surface area contributed by atoms with E-state index in [1.54, 1.807) is 6.07 Å². The summed E-state index contributed by atoms with van der Waals surface area (Å²) in [4.78, 5) is 6.57. The topological polar surface area (TPSA) is 15.6 Å². The highest BCUT2D eigenvalue weighted by atomic mass is 35.5. The molecule has 2 aromatic rings. The highest BCUT2D eigenvalue weighted by Crippen LogP contribution is 2.27. The first-order chi connectivity index (χ1) is 10.9. The summed E-state index contributed by atoms with van der Waals surface area (Å²) in [7, 11) is 2.00. The van der Waals surface area contributed by atoms with Crippen molar-refractivity contribution in [3.63, 3.8) is 0 Å². The average molecular weight is 333 g/mol. The van der Waals surface area contributed by atoms with Gasteiger partial charge in [-0.3, -0.25) is 0 Å². The quantitative estimate of drug-likeness (QED) is 0.536. The van der Waals surface area contributed by atoms with Crippen molar-refractivity contribution in [2.24, 2.45) is 4.99 Å². The molecule has 2 rings (SSSR count). The molecular weight excluding hydrogens is 311 g/mol. The van der Waals surface area contributed by atoms with Crippen LogP contribution < -0.4 is 0 Å². The van der Waals surface area contributed by atoms with Gasteiger partial charge in [0.2, 0.25) is 0 Å². The van der Waals surface area contributed by atoms with Crippen LogP contribution in [0.1, 0.15) is 29.2 Å². The number of hydrogen-bond donors (Lipinski definition) is 0. The molecule has 0 radical (unpaired) electrons. The Hall–Kier alpha value is -1.87. The van der Waals surface area contributed by atoms with Gasteiger partial charge in [-0.05, 0) is 67.6 Å². The van der Waals surface area contributed by atoms with E-state index in [1.165, 1.54) is 17.7 Å². The Balaban J connectivity index is 2.27. The summed E-state index contributed by atoms with van der Waals surface area (Å²) in [6.45, 7) is 7.12. The van der Waals surface area contributed by atoms with Crippen LogP contribution in [0.15, 0.2) is 35.3 Å². The number of aryl methyl sites for hydroxylation is 2. The fraction of sp³-hybridized carbons (Fsp3) is 0.316. The number of aliphatic imine (C=N–C) groups is 1. The number of nitrogens with zero attached hydrogens (tertiary/aromatic N) is 2. The molecule has 0 atom stereocenters. The van der Waals surface area contributed by atoms with Crippen LogP contribution in [-0.4, -0.2) is 24.8 Å². The van der Waals surface area contributed by atoms with Crippen LogP contribution in [0.3, 0.4) is 0 Å². The molecule has 0 aromatic heterocycles. The van der Waals surface area contributed by atoms with Gasteiger partial charge in [-0.1, -0.05) is 23.7 Å². The average Bonchev–Trinajstić information content (AvgIpc) is 2.51. The second-order valence-electron chi connectivity index (χ2n) is 5.80. The van der Waals surface area contributed by atoms with Gasteiger partial charge in [0.25, 0.3) is 0 Å². The molecule has 0 aliphatic carbocycles. The van der Waals surface area contributed by atoms with Crippen molar-refractivity contribution < 1.29 is 4.39 Å². The summed E-state index contributed by atoms with van der Waals surface area (Å²) in [5.74, 6) is -0.309. The molecule has 0 amide bonds. The maximum Gasteiger partial charge on any atom is 0.124 e. The molecule has 2 nitrogen and oxygen atoms in total. The lowest BCUT2D eigenvalue weighted by atomic mass is 9.97. The van der Waals surface area contributed by atoms with Crippen LogP contribution in [0.25, 0.3) is 0 Å². The molecule has 0 heterocycles. The lowest BCUT2D eigenvalue weighted by Crippen LogP contribution is -2.14. The van der Waals surface area contributed by atoms with Crippen molar-refractivity contribution in [3.05, 3.63) is 63.4 Å². The van der Waals surface area contributed by atoms with E-state index in [0.717, 1.165) is 28.9 Å². The van der Waals surface area contributed by atoms with Gasteiger partial charge >= 0.3 is 0 Å². The maximum absolute atomic E-state index is 13.2. The van der Waals surface area contributed by atoms with E-state index in [-0.39, 0.29) is 5.82 Å². The SMILES string of the molecule is CCN(C)C=Nc1cc(C)c(Cc2ccc(F)cc2Cl)cc1C. The molecule has 0 saturated heterocycles. The molecule has 0 bridgehead atoms. The normalized spacial score (nSPS) is 11.2. The van der Waals surface area contributed by atoms with E-state index in [1.807, 2.05) is 25.2 Å². The van der Waals surface area contributed by atoms with Gasteiger partial charge < -0.3 is 4.90 Å². The minimum atomic E-state index is -0.309. The fourth-order valence-electron chi connectivity index (χ4n) is 2.30. The largest absolute Gasteiger partial charge is 0.366 e. The van der Waals surface area contributed by atoms with Gasteiger partial charge in [-0.15, -0.1) is 0 Å². The van der Waals surface area contributed by atoms with E-state index in [2.05, 4.69) is 31.0 Å². The third-order valence-electron chi connectivity index (χ3n) is 3.94. The number of halogens is 2. The highest BCUT2D eigenvalue weighted by molar-refractivity contribution is 6.31. The Morgan fingerprint density at radius 2 is 1.87 bits per heavy atom. The van der Waals surface area contributed by atoms with Crippen molar-refractivity contribution in [2.45, 2.75) is 27.2 Å². The lowest BCUT2D eigenvalue weighted by Gasteiger charge is -2.12. The first-order valence-corrected chi connectivity index (χ1v) is 8.07. The second-order valence-corrected chi connectivity index (χ2v) is 6.20. The molecule has 4 heteroatoms. The molecule has 0 saturated carbocycles. The van der Waals surface area contributed by atoms with Gasteiger partial charge in [0.1, 0.15) is 5.82 Å². The summed E-state index contributed by atoms with van der Waals surface area (Å²) in [6.07, 6.45) is 2.53. The molecule has 0 aliphatic heterocycles.